The molecule has 138 valence electrons. The highest BCUT2D eigenvalue weighted by Crippen LogP contribution is 2.22. The van der Waals surface area contributed by atoms with Crippen molar-refractivity contribution in [2.45, 2.75) is 25.8 Å². The molecule has 1 aliphatic heterocycles. The van der Waals surface area contributed by atoms with Crippen molar-refractivity contribution in [2.24, 2.45) is 0 Å². The number of piperidine rings is 1. The second kappa shape index (κ2) is 8.51. The van der Waals surface area contributed by atoms with E-state index in [0.29, 0.717) is 37.1 Å². The van der Waals surface area contributed by atoms with Crippen LogP contribution in [0.3, 0.4) is 0 Å². The summed E-state index contributed by atoms with van der Waals surface area (Å²) in [6.45, 7) is 3.72. The van der Waals surface area contributed by atoms with E-state index in [0.717, 1.165) is 12.8 Å². The van der Waals surface area contributed by atoms with Gasteiger partial charge in [-0.15, -0.1) is 0 Å². The van der Waals surface area contributed by atoms with Crippen molar-refractivity contribution in [1.82, 2.24) is 19.8 Å². The number of carbonyl (C=O) groups excluding carboxylic acids is 2. The fourth-order valence-electron chi connectivity index (χ4n) is 3.20. The molecule has 1 aliphatic rings. The summed E-state index contributed by atoms with van der Waals surface area (Å²) in [7, 11) is 0. The van der Waals surface area contributed by atoms with Gasteiger partial charge in [0.15, 0.2) is 0 Å². The summed E-state index contributed by atoms with van der Waals surface area (Å²) in [4.78, 5) is 30.6. The summed E-state index contributed by atoms with van der Waals surface area (Å²) in [6, 6.07) is 7.43. The average Bonchev–Trinajstić information content (AvgIpc) is 3.21. The molecule has 0 bridgehead atoms. The Kier molecular flexibility index (Phi) is 5.88. The molecule has 2 heterocycles. The van der Waals surface area contributed by atoms with E-state index in [9.17, 15) is 9.59 Å². The maximum atomic E-state index is 12.4. The lowest BCUT2D eigenvalue weighted by molar-refractivity contribution is -0.131. The molecule has 2 amide bonds. The number of amides is 2. The van der Waals surface area contributed by atoms with Crippen LogP contribution in [-0.4, -0.2) is 52.5 Å². The molecular formula is C19H24N4O3. The maximum Gasteiger partial charge on any atom is 0.255 e. The highest BCUT2D eigenvalue weighted by molar-refractivity contribution is 5.98. The number of ether oxygens (including phenoxy) is 1. The number of benzene rings is 1. The van der Waals surface area contributed by atoms with E-state index in [1.165, 1.54) is 0 Å². The second-order valence-corrected chi connectivity index (χ2v) is 6.23. The Morgan fingerprint density at radius 1 is 1.27 bits per heavy atom. The highest BCUT2D eigenvalue weighted by atomic mass is 16.5. The molecule has 26 heavy (non-hydrogen) atoms. The average molecular weight is 356 g/mol. The van der Waals surface area contributed by atoms with Gasteiger partial charge in [0.05, 0.1) is 25.0 Å². The normalized spacial score (nSPS) is 14.9. The lowest BCUT2D eigenvalue weighted by Crippen LogP contribution is -2.44. The van der Waals surface area contributed by atoms with E-state index in [4.69, 9.17) is 4.74 Å². The maximum absolute atomic E-state index is 12.4. The minimum absolute atomic E-state index is 0.00493. The number of hydrogen-bond acceptors (Lipinski definition) is 4. The predicted octanol–water partition coefficient (Wildman–Crippen LogP) is 1.88. The van der Waals surface area contributed by atoms with Crippen molar-refractivity contribution in [3.05, 3.63) is 48.5 Å². The van der Waals surface area contributed by atoms with Gasteiger partial charge in [0.1, 0.15) is 5.75 Å². The van der Waals surface area contributed by atoms with Crippen LogP contribution in [0.5, 0.6) is 5.75 Å². The number of nitrogens with zero attached hydrogens (tertiary/aromatic N) is 3. The number of nitrogens with one attached hydrogen (secondary N) is 1. The molecule has 0 atom stereocenters. The fourth-order valence-corrected chi connectivity index (χ4v) is 3.20. The number of aromatic nitrogens is 2. The summed E-state index contributed by atoms with van der Waals surface area (Å²) in [5.41, 5.74) is 0.445. The third-order valence-corrected chi connectivity index (χ3v) is 4.60. The van der Waals surface area contributed by atoms with E-state index >= 15 is 0 Å². The number of rotatable bonds is 6. The Hall–Kier alpha value is -2.83. The predicted molar refractivity (Wildman–Crippen MR) is 97.0 cm³/mol. The molecule has 7 nitrogen and oxygen atoms in total. The monoisotopic (exact) mass is 356 g/mol. The largest absolute Gasteiger partial charge is 0.493 e. The first-order valence-electron chi connectivity index (χ1n) is 8.94. The Morgan fingerprint density at radius 2 is 2.04 bits per heavy atom. The summed E-state index contributed by atoms with van der Waals surface area (Å²) < 4.78 is 7.56. The molecule has 0 spiro atoms. The van der Waals surface area contributed by atoms with Crippen LogP contribution >= 0.6 is 0 Å². The van der Waals surface area contributed by atoms with Gasteiger partial charge in [-0.25, -0.2) is 4.98 Å². The molecular weight excluding hydrogens is 332 g/mol. The van der Waals surface area contributed by atoms with Crippen LogP contribution in [0.2, 0.25) is 0 Å². The smallest absolute Gasteiger partial charge is 0.255 e. The standard InChI is InChI=1S/C19H24N4O3/c1-2-26-17-6-4-3-5-16(17)19(25)21-13-18(24)22-10-7-15(8-11-22)23-12-9-20-14-23/h3-6,9,12,14-15H,2,7-8,10-11,13H2,1H3,(H,21,25). The molecule has 1 saturated heterocycles. The summed E-state index contributed by atoms with van der Waals surface area (Å²) in [5.74, 6) is 0.174. The van der Waals surface area contributed by atoms with E-state index in [1.807, 2.05) is 30.4 Å². The first kappa shape index (κ1) is 18.0. The number of para-hydroxylation sites is 1. The van der Waals surface area contributed by atoms with Gasteiger partial charge in [-0.3, -0.25) is 9.59 Å². The molecule has 0 aliphatic carbocycles. The van der Waals surface area contributed by atoms with Gasteiger partial charge in [0, 0.05) is 31.5 Å². The van der Waals surface area contributed by atoms with Crippen LogP contribution in [0.4, 0.5) is 0 Å². The Morgan fingerprint density at radius 3 is 2.73 bits per heavy atom. The first-order valence-corrected chi connectivity index (χ1v) is 8.94. The summed E-state index contributed by atoms with van der Waals surface area (Å²) >= 11 is 0. The van der Waals surface area contributed by atoms with Crippen molar-refractivity contribution < 1.29 is 14.3 Å². The SMILES string of the molecule is CCOc1ccccc1C(=O)NCC(=O)N1CCC(n2ccnc2)CC1. The molecule has 1 fully saturated rings. The van der Waals surface area contributed by atoms with Gasteiger partial charge < -0.3 is 19.5 Å². The van der Waals surface area contributed by atoms with Crippen LogP contribution in [-0.2, 0) is 4.79 Å². The molecule has 7 heteroatoms. The molecule has 2 aromatic rings. The molecule has 1 N–H and O–H groups in total. The van der Waals surface area contributed by atoms with Crippen molar-refractivity contribution in [3.63, 3.8) is 0 Å². The number of hydrogen-bond donors (Lipinski definition) is 1. The van der Waals surface area contributed by atoms with E-state index < -0.39 is 0 Å². The molecule has 1 aromatic heterocycles. The summed E-state index contributed by atoms with van der Waals surface area (Å²) in [6.07, 6.45) is 7.33. The van der Waals surface area contributed by atoms with Gasteiger partial charge >= 0.3 is 0 Å². The lowest BCUT2D eigenvalue weighted by atomic mass is 10.0. The lowest BCUT2D eigenvalue weighted by Gasteiger charge is -2.32. The fraction of sp³-hybridized carbons (Fsp3) is 0.421. The van der Waals surface area contributed by atoms with Gasteiger partial charge in [-0.1, -0.05) is 12.1 Å². The number of carbonyl (C=O) groups is 2. The van der Waals surface area contributed by atoms with Crippen LogP contribution in [0.1, 0.15) is 36.2 Å². The van der Waals surface area contributed by atoms with Gasteiger partial charge in [-0.05, 0) is 31.9 Å². The summed E-state index contributed by atoms with van der Waals surface area (Å²) in [5, 5.41) is 2.71. The zero-order chi connectivity index (χ0) is 18.4. The van der Waals surface area contributed by atoms with E-state index in [1.54, 1.807) is 24.4 Å². The van der Waals surface area contributed by atoms with Crippen molar-refractivity contribution in [1.29, 1.82) is 0 Å². The zero-order valence-electron chi connectivity index (χ0n) is 14.9. The van der Waals surface area contributed by atoms with E-state index in [-0.39, 0.29) is 18.4 Å². The molecule has 0 unspecified atom stereocenters. The minimum Gasteiger partial charge on any atom is -0.493 e. The van der Waals surface area contributed by atoms with Crippen LogP contribution in [0, 0.1) is 0 Å². The van der Waals surface area contributed by atoms with Crippen molar-refractivity contribution >= 4 is 11.8 Å². The van der Waals surface area contributed by atoms with Gasteiger partial charge in [0.2, 0.25) is 5.91 Å². The Bertz CT molecular complexity index is 737. The van der Waals surface area contributed by atoms with Crippen LogP contribution in [0.15, 0.2) is 43.0 Å². The molecule has 0 radical (unpaired) electrons. The Labute approximate surface area is 153 Å². The minimum atomic E-state index is -0.296. The second-order valence-electron chi connectivity index (χ2n) is 6.23. The quantitative estimate of drug-likeness (QED) is 0.857. The molecule has 1 aromatic carbocycles. The molecule has 0 saturated carbocycles. The van der Waals surface area contributed by atoms with Crippen molar-refractivity contribution in [2.75, 3.05) is 26.2 Å². The highest BCUT2D eigenvalue weighted by Gasteiger charge is 2.24. The van der Waals surface area contributed by atoms with Gasteiger partial charge in [-0.2, -0.15) is 0 Å². The molecule has 3 rings (SSSR count). The topological polar surface area (TPSA) is 76.5 Å². The van der Waals surface area contributed by atoms with Crippen LogP contribution < -0.4 is 10.1 Å². The first-order chi connectivity index (χ1) is 12.7. The van der Waals surface area contributed by atoms with Gasteiger partial charge in [0.25, 0.3) is 5.91 Å². The third kappa shape index (κ3) is 4.22. The zero-order valence-corrected chi connectivity index (χ0v) is 14.9. The van der Waals surface area contributed by atoms with E-state index in [2.05, 4.69) is 14.9 Å². The number of imidazole rings is 1. The Balaban J connectivity index is 1.49. The third-order valence-electron chi connectivity index (χ3n) is 4.60. The van der Waals surface area contributed by atoms with Crippen LogP contribution in [0.25, 0.3) is 0 Å². The number of likely N-dealkylation sites (tertiary alicyclic amines) is 1. The van der Waals surface area contributed by atoms with Crippen molar-refractivity contribution in [3.8, 4) is 5.75 Å².